The third-order valence-electron chi connectivity index (χ3n) is 2.33. The highest BCUT2D eigenvalue weighted by atomic mass is 32.1. The summed E-state index contributed by atoms with van der Waals surface area (Å²) in [5.41, 5.74) is 2.09. The Labute approximate surface area is 76.4 Å². The Kier molecular flexibility index (Phi) is 2.01. The van der Waals surface area contributed by atoms with Crippen molar-refractivity contribution in [2.45, 2.75) is 26.2 Å². The van der Waals surface area contributed by atoms with Crippen LogP contribution in [-0.2, 0) is 0 Å². The van der Waals surface area contributed by atoms with Crippen molar-refractivity contribution in [2.75, 3.05) is 0 Å². The zero-order valence-corrected chi connectivity index (χ0v) is 7.99. The topological polar surface area (TPSA) is 17.1 Å². The van der Waals surface area contributed by atoms with Crippen LogP contribution in [0.5, 0.6) is 0 Å². The van der Waals surface area contributed by atoms with Gasteiger partial charge in [0.05, 0.1) is 0 Å². The van der Waals surface area contributed by atoms with Crippen LogP contribution in [0.2, 0.25) is 0 Å². The highest BCUT2D eigenvalue weighted by Gasteiger charge is 2.25. The highest BCUT2D eigenvalue weighted by molar-refractivity contribution is 7.08. The summed E-state index contributed by atoms with van der Waals surface area (Å²) in [7, 11) is 0. The van der Waals surface area contributed by atoms with E-state index in [0.29, 0.717) is 11.7 Å². The molecule has 0 unspecified atom stereocenters. The summed E-state index contributed by atoms with van der Waals surface area (Å²) in [6.07, 6.45) is 3.29. The van der Waals surface area contributed by atoms with Gasteiger partial charge >= 0.3 is 0 Å². The van der Waals surface area contributed by atoms with Gasteiger partial charge < -0.3 is 0 Å². The normalized spacial score (nSPS) is 16.4. The fourth-order valence-electron chi connectivity index (χ4n) is 1.34. The lowest BCUT2D eigenvalue weighted by atomic mass is 10.1. The molecule has 0 amide bonds. The van der Waals surface area contributed by atoms with Gasteiger partial charge in [0.1, 0.15) is 0 Å². The Balaban J connectivity index is 2.07. The maximum atomic E-state index is 11.6. The predicted molar refractivity (Wildman–Crippen MR) is 50.7 cm³/mol. The van der Waals surface area contributed by atoms with Crippen molar-refractivity contribution in [1.29, 1.82) is 0 Å². The van der Waals surface area contributed by atoms with Crippen molar-refractivity contribution in [2.24, 2.45) is 5.92 Å². The van der Waals surface area contributed by atoms with E-state index in [9.17, 15) is 4.79 Å². The SMILES string of the molecule is Cc1cscc1C(=O)CC1CC1. The second kappa shape index (κ2) is 3.02. The molecule has 0 atom stereocenters. The number of thiophene rings is 1. The van der Waals surface area contributed by atoms with Gasteiger partial charge in [-0.1, -0.05) is 0 Å². The Bertz CT molecular complexity index is 297. The predicted octanol–water partition coefficient (Wildman–Crippen LogP) is 3.04. The van der Waals surface area contributed by atoms with Crippen molar-refractivity contribution in [3.63, 3.8) is 0 Å². The molecule has 2 heteroatoms. The smallest absolute Gasteiger partial charge is 0.164 e. The molecule has 0 N–H and O–H groups in total. The molecule has 0 bridgehead atoms. The lowest BCUT2D eigenvalue weighted by Crippen LogP contribution is -1.99. The lowest BCUT2D eigenvalue weighted by molar-refractivity contribution is 0.0976. The number of carbonyl (C=O) groups is 1. The van der Waals surface area contributed by atoms with Crippen molar-refractivity contribution in [3.8, 4) is 0 Å². The monoisotopic (exact) mass is 180 g/mol. The maximum absolute atomic E-state index is 11.6. The third kappa shape index (κ3) is 1.58. The first-order valence-corrected chi connectivity index (χ1v) is 5.27. The lowest BCUT2D eigenvalue weighted by Gasteiger charge is -1.96. The van der Waals surface area contributed by atoms with E-state index in [1.165, 1.54) is 12.8 Å². The minimum atomic E-state index is 0.344. The quantitative estimate of drug-likeness (QED) is 0.653. The highest BCUT2D eigenvalue weighted by Crippen LogP contribution is 2.34. The molecule has 1 aliphatic rings. The van der Waals surface area contributed by atoms with Crippen LogP contribution in [0.1, 0.15) is 35.2 Å². The molecule has 1 heterocycles. The second-order valence-corrected chi connectivity index (χ2v) is 4.28. The van der Waals surface area contributed by atoms with Crippen LogP contribution in [0.3, 0.4) is 0 Å². The first-order chi connectivity index (χ1) is 5.77. The van der Waals surface area contributed by atoms with Gasteiger partial charge in [0.15, 0.2) is 5.78 Å². The Hall–Kier alpha value is -0.630. The van der Waals surface area contributed by atoms with E-state index in [4.69, 9.17) is 0 Å². The van der Waals surface area contributed by atoms with E-state index >= 15 is 0 Å². The first-order valence-electron chi connectivity index (χ1n) is 4.33. The number of aryl methyl sites for hydroxylation is 1. The molecular formula is C10H12OS. The van der Waals surface area contributed by atoms with E-state index in [1.807, 2.05) is 17.7 Å². The van der Waals surface area contributed by atoms with E-state index in [2.05, 4.69) is 0 Å². The van der Waals surface area contributed by atoms with Crippen LogP contribution in [0.4, 0.5) is 0 Å². The van der Waals surface area contributed by atoms with Gasteiger partial charge in [-0.05, 0) is 36.6 Å². The summed E-state index contributed by atoms with van der Waals surface area (Å²) in [5.74, 6) is 1.05. The largest absolute Gasteiger partial charge is 0.294 e. The van der Waals surface area contributed by atoms with Crippen molar-refractivity contribution in [3.05, 3.63) is 21.9 Å². The van der Waals surface area contributed by atoms with Gasteiger partial charge in [0, 0.05) is 17.4 Å². The third-order valence-corrected chi connectivity index (χ3v) is 3.19. The first kappa shape index (κ1) is 7.99. The van der Waals surface area contributed by atoms with E-state index in [0.717, 1.165) is 17.5 Å². The minimum absolute atomic E-state index is 0.344. The molecule has 12 heavy (non-hydrogen) atoms. The fourth-order valence-corrected chi connectivity index (χ4v) is 2.19. The van der Waals surface area contributed by atoms with Crippen molar-refractivity contribution < 1.29 is 4.79 Å². The average molecular weight is 180 g/mol. The van der Waals surface area contributed by atoms with Gasteiger partial charge in [-0.3, -0.25) is 4.79 Å². The van der Waals surface area contributed by atoms with Crippen LogP contribution in [0.25, 0.3) is 0 Å². The molecule has 1 nitrogen and oxygen atoms in total. The molecule has 1 aromatic rings. The molecular weight excluding hydrogens is 168 g/mol. The number of hydrogen-bond donors (Lipinski definition) is 0. The average Bonchev–Trinajstić information content (AvgIpc) is 2.72. The van der Waals surface area contributed by atoms with Crippen LogP contribution in [-0.4, -0.2) is 5.78 Å². The Morgan fingerprint density at radius 3 is 2.83 bits per heavy atom. The van der Waals surface area contributed by atoms with Crippen LogP contribution >= 0.6 is 11.3 Å². The van der Waals surface area contributed by atoms with E-state index in [-0.39, 0.29) is 0 Å². The second-order valence-electron chi connectivity index (χ2n) is 3.54. The maximum Gasteiger partial charge on any atom is 0.164 e. The van der Waals surface area contributed by atoms with Crippen molar-refractivity contribution >= 4 is 17.1 Å². The molecule has 0 aromatic carbocycles. The molecule has 0 aliphatic heterocycles. The van der Waals surface area contributed by atoms with Crippen molar-refractivity contribution in [1.82, 2.24) is 0 Å². The number of carbonyl (C=O) groups excluding carboxylic acids is 1. The molecule has 1 aliphatic carbocycles. The molecule has 1 saturated carbocycles. The van der Waals surface area contributed by atoms with Gasteiger partial charge in [0.2, 0.25) is 0 Å². The van der Waals surface area contributed by atoms with Crippen LogP contribution in [0, 0.1) is 12.8 Å². The molecule has 2 rings (SSSR count). The zero-order valence-electron chi connectivity index (χ0n) is 7.17. The van der Waals surface area contributed by atoms with E-state index < -0.39 is 0 Å². The molecule has 1 aromatic heterocycles. The molecule has 0 radical (unpaired) electrons. The van der Waals surface area contributed by atoms with Gasteiger partial charge in [-0.25, -0.2) is 0 Å². The summed E-state index contributed by atoms with van der Waals surface area (Å²) in [6, 6.07) is 0. The fraction of sp³-hybridized carbons (Fsp3) is 0.500. The Morgan fingerprint density at radius 1 is 1.58 bits per heavy atom. The van der Waals surface area contributed by atoms with Gasteiger partial charge in [-0.15, -0.1) is 0 Å². The zero-order chi connectivity index (χ0) is 8.55. The van der Waals surface area contributed by atoms with Crippen LogP contribution in [0.15, 0.2) is 10.8 Å². The van der Waals surface area contributed by atoms with Gasteiger partial charge in [0.25, 0.3) is 0 Å². The molecule has 0 saturated heterocycles. The number of ketones is 1. The molecule has 1 fully saturated rings. The van der Waals surface area contributed by atoms with E-state index in [1.54, 1.807) is 11.3 Å². The summed E-state index contributed by atoms with van der Waals surface area (Å²) < 4.78 is 0. The summed E-state index contributed by atoms with van der Waals surface area (Å²) in [4.78, 5) is 11.6. The van der Waals surface area contributed by atoms with Crippen LogP contribution < -0.4 is 0 Å². The molecule has 64 valence electrons. The Morgan fingerprint density at radius 2 is 2.33 bits per heavy atom. The molecule has 0 spiro atoms. The summed E-state index contributed by atoms with van der Waals surface area (Å²) in [5, 5.41) is 4.01. The number of Topliss-reactive ketones (excluding diaryl/α,β-unsaturated/α-hetero) is 1. The summed E-state index contributed by atoms with van der Waals surface area (Å²) >= 11 is 1.62. The standard InChI is InChI=1S/C10H12OS/c1-7-5-12-6-9(7)10(11)4-8-2-3-8/h5-6,8H,2-4H2,1H3. The van der Waals surface area contributed by atoms with Gasteiger partial charge in [-0.2, -0.15) is 11.3 Å². The number of rotatable bonds is 3. The minimum Gasteiger partial charge on any atom is -0.294 e. The summed E-state index contributed by atoms with van der Waals surface area (Å²) in [6.45, 7) is 2.01. The number of hydrogen-bond acceptors (Lipinski definition) is 2.